The molecule has 1 aromatic carbocycles. The van der Waals surface area contributed by atoms with Crippen molar-refractivity contribution in [2.75, 3.05) is 18.1 Å². The van der Waals surface area contributed by atoms with Crippen LogP contribution < -0.4 is 10.5 Å². The summed E-state index contributed by atoms with van der Waals surface area (Å²) in [5.74, 6) is -0.0342. The summed E-state index contributed by atoms with van der Waals surface area (Å²) >= 11 is 0. The van der Waals surface area contributed by atoms with Gasteiger partial charge < -0.3 is 10.5 Å². The van der Waals surface area contributed by atoms with Gasteiger partial charge in [0.1, 0.15) is 0 Å². The minimum Gasteiger partial charge on any atom is -0.399 e. The van der Waals surface area contributed by atoms with E-state index in [0.717, 1.165) is 5.56 Å². The molecule has 6 heteroatoms. The second-order valence-corrected chi connectivity index (χ2v) is 6.23. The smallest absolute Gasteiger partial charge is 0.214 e. The van der Waals surface area contributed by atoms with E-state index in [2.05, 4.69) is 4.72 Å². The van der Waals surface area contributed by atoms with Crippen LogP contribution in [0.4, 0.5) is 5.69 Å². The SMILES string of the molecule is CC(C)OCCS(=O)(=O)NCc1cccc(N)c1. The van der Waals surface area contributed by atoms with E-state index in [1.807, 2.05) is 19.9 Å². The zero-order valence-corrected chi connectivity index (χ0v) is 11.5. The quantitative estimate of drug-likeness (QED) is 0.729. The van der Waals surface area contributed by atoms with Gasteiger partial charge in [-0.15, -0.1) is 0 Å². The third-order valence-electron chi connectivity index (χ3n) is 2.25. The van der Waals surface area contributed by atoms with E-state index in [1.165, 1.54) is 0 Å². The highest BCUT2D eigenvalue weighted by molar-refractivity contribution is 7.89. The highest BCUT2D eigenvalue weighted by atomic mass is 32.2. The molecular formula is C12H20N2O3S. The summed E-state index contributed by atoms with van der Waals surface area (Å²) in [6, 6.07) is 7.12. The maximum atomic E-state index is 11.6. The van der Waals surface area contributed by atoms with Gasteiger partial charge in [-0.05, 0) is 31.5 Å². The molecule has 0 saturated heterocycles. The lowest BCUT2D eigenvalue weighted by atomic mass is 10.2. The van der Waals surface area contributed by atoms with Crippen LogP contribution in [0.25, 0.3) is 0 Å². The van der Waals surface area contributed by atoms with Gasteiger partial charge in [-0.3, -0.25) is 0 Å². The van der Waals surface area contributed by atoms with Crippen molar-refractivity contribution in [2.24, 2.45) is 0 Å². The Morgan fingerprint density at radius 1 is 1.39 bits per heavy atom. The highest BCUT2D eigenvalue weighted by Crippen LogP contribution is 2.06. The van der Waals surface area contributed by atoms with Crippen LogP contribution in [0.2, 0.25) is 0 Å². The molecule has 0 unspecified atom stereocenters. The molecule has 1 rings (SSSR count). The molecule has 0 heterocycles. The molecule has 3 N–H and O–H groups in total. The van der Waals surface area contributed by atoms with E-state index in [4.69, 9.17) is 10.5 Å². The Morgan fingerprint density at radius 3 is 2.72 bits per heavy atom. The molecule has 18 heavy (non-hydrogen) atoms. The van der Waals surface area contributed by atoms with Gasteiger partial charge in [-0.25, -0.2) is 13.1 Å². The number of rotatable bonds is 7. The molecule has 0 aromatic heterocycles. The predicted molar refractivity (Wildman–Crippen MR) is 72.6 cm³/mol. The van der Waals surface area contributed by atoms with Gasteiger partial charge in [0.25, 0.3) is 0 Å². The number of sulfonamides is 1. The molecule has 0 fully saturated rings. The maximum absolute atomic E-state index is 11.6. The number of hydrogen-bond acceptors (Lipinski definition) is 4. The van der Waals surface area contributed by atoms with E-state index in [-0.39, 0.29) is 25.0 Å². The topological polar surface area (TPSA) is 81.4 Å². The summed E-state index contributed by atoms with van der Waals surface area (Å²) in [6.07, 6.45) is 0.0362. The zero-order valence-electron chi connectivity index (χ0n) is 10.7. The molecule has 0 spiro atoms. The fourth-order valence-corrected chi connectivity index (χ4v) is 2.21. The van der Waals surface area contributed by atoms with Gasteiger partial charge >= 0.3 is 0 Å². The number of nitrogen functional groups attached to an aromatic ring is 1. The van der Waals surface area contributed by atoms with Gasteiger partial charge in [0.05, 0.1) is 18.5 Å². The molecule has 0 bridgehead atoms. The van der Waals surface area contributed by atoms with Crippen LogP contribution >= 0.6 is 0 Å². The number of ether oxygens (including phenoxy) is 1. The van der Waals surface area contributed by atoms with E-state index < -0.39 is 10.0 Å². The third kappa shape index (κ3) is 6.00. The molecule has 0 amide bonds. The summed E-state index contributed by atoms with van der Waals surface area (Å²) in [5, 5.41) is 0. The highest BCUT2D eigenvalue weighted by Gasteiger charge is 2.10. The molecule has 0 radical (unpaired) electrons. The Balaban J connectivity index is 2.42. The minimum atomic E-state index is -3.30. The molecule has 0 atom stereocenters. The summed E-state index contributed by atoms with van der Waals surface area (Å²) in [6.45, 7) is 4.18. The summed E-state index contributed by atoms with van der Waals surface area (Å²) in [7, 11) is -3.30. The third-order valence-corrected chi connectivity index (χ3v) is 3.54. The Morgan fingerprint density at radius 2 is 2.11 bits per heavy atom. The number of nitrogens with two attached hydrogens (primary N) is 1. The average molecular weight is 272 g/mol. The standard InChI is InChI=1S/C12H20N2O3S/c1-10(2)17-6-7-18(15,16)14-9-11-4-3-5-12(13)8-11/h3-5,8,10,14H,6-7,9,13H2,1-2H3. The van der Waals surface area contributed by atoms with Crippen LogP contribution in [-0.4, -0.2) is 26.9 Å². The minimum absolute atomic E-state index is 0.0342. The van der Waals surface area contributed by atoms with Gasteiger partial charge in [-0.1, -0.05) is 12.1 Å². The van der Waals surface area contributed by atoms with Crippen molar-refractivity contribution in [2.45, 2.75) is 26.5 Å². The lowest BCUT2D eigenvalue weighted by Gasteiger charge is -2.09. The number of hydrogen-bond donors (Lipinski definition) is 2. The van der Waals surface area contributed by atoms with Crippen LogP contribution in [-0.2, 0) is 21.3 Å². The maximum Gasteiger partial charge on any atom is 0.214 e. The van der Waals surface area contributed by atoms with Gasteiger partial charge in [-0.2, -0.15) is 0 Å². The van der Waals surface area contributed by atoms with E-state index in [0.29, 0.717) is 5.69 Å². The van der Waals surface area contributed by atoms with Crippen molar-refractivity contribution in [1.82, 2.24) is 4.72 Å². The number of anilines is 1. The molecule has 0 saturated carbocycles. The van der Waals surface area contributed by atoms with Crippen LogP contribution in [0.5, 0.6) is 0 Å². The van der Waals surface area contributed by atoms with E-state index in [9.17, 15) is 8.42 Å². The first-order valence-electron chi connectivity index (χ1n) is 5.82. The molecule has 0 aliphatic carbocycles. The van der Waals surface area contributed by atoms with Gasteiger partial charge in [0.15, 0.2) is 0 Å². The molecule has 102 valence electrons. The first-order chi connectivity index (χ1) is 8.39. The molecule has 5 nitrogen and oxygen atoms in total. The monoisotopic (exact) mass is 272 g/mol. The lowest BCUT2D eigenvalue weighted by Crippen LogP contribution is -2.28. The average Bonchev–Trinajstić information content (AvgIpc) is 2.26. The zero-order chi connectivity index (χ0) is 13.6. The van der Waals surface area contributed by atoms with Crippen LogP contribution in [0.1, 0.15) is 19.4 Å². The summed E-state index contributed by atoms with van der Waals surface area (Å²) < 4.78 is 31.0. The Hall–Kier alpha value is -1.11. The first-order valence-corrected chi connectivity index (χ1v) is 7.47. The van der Waals surface area contributed by atoms with Crippen LogP contribution in [0, 0.1) is 0 Å². The van der Waals surface area contributed by atoms with Crippen molar-refractivity contribution >= 4 is 15.7 Å². The summed E-state index contributed by atoms with van der Waals surface area (Å²) in [4.78, 5) is 0. The second kappa shape index (κ2) is 6.72. The lowest BCUT2D eigenvalue weighted by molar-refractivity contribution is 0.0911. The van der Waals surface area contributed by atoms with Crippen molar-refractivity contribution in [1.29, 1.82) is 0 Å². The Kier molecular flexibility index (Phi) is 5.58. The van der Waals surface area contributed by atoms with Gasteiger partial charge in [0.2, 0.25) is 10.0 Å². The van der Waals surface area contributed by atoms with Crippen molar-refractivity contribution < 1.29 is 13.2 Å². The fourth-order valence-electron chi connectivity index (χ4n) is 1.36. The first kappa shape index (κ1) is 14.9. The van der Waals surface area contributed by atoms with Crippen molar-refractivity contribution in [3.63, 3.8) is 0 Å². The van der Waals surface area contributed by atoms with Crippen molar-refractivity contribution in [3.05, 3.63) is 29.8 Å². The normalized spacial score (nSPS) is 11.9. The Labute approximate surface area is 108 Å². The molecule has 0 aliphatic rings. The Bertz CT molecular complexity index is 472. The van der Waals surface area contributed by atoms with Crippen LogP contribution in [0.15, 0.2) is 24.3 Å². The number of nitrogens with one attached hydrogen (secondary N) is 1. The van der Waals surface area contributed by atoms with E-state index in [1.54, 1.807) is 18.2 Å². The molecule has 0 aliphatic heterocycles. The second-order valence-electron chi connectivity index (χ2n) is 4.30. The predicted octanol–water partition coefficient (Wildman–Crippen LogP) is 1.11. The van der Waals surface area contributed by atoms with E-state index >= 15 is 0 Å². The van der Waals surface area contributed by atoms with Crippen molar-refractivity contribution in [3.8, 4) is 0 Å². The molecular weight excluding hydrogens is 252 g/mol. The van der Waals surface area contributed by atoms with Crippen LogP contribution in [0.3, 0.4) is 0 Å². The molecule has 1 aromatic rings. The number of benzene rings is 1. The summed E-state index contributed by atoms with van der Waals surface area (Å²) in [5.41, 5.74) is 7.07. The largest absolute Gasteiger partial charge is 0.399 e. The fraction of sp³-hybridized carbons (Fsp3) is 0.500. The van der Waals surface area contributed by atoms with Gasteiger partial charge in [0, 0.05) is 12.2 Å².